The van der Waals surface area contributed by atoms with Crippen molar-refractivity contribution in [2.75, 3.05) is 6.61 Å². The first-order valence-corrected chi connectivity index (χ1v) is 7.23. The van der Waals surface area contributed by atoms with Crippen LogP contribution in [0, 0.1) is 0 Å². The number of hydrogen-bond acceptors (Lipinski definition) is 7. The molecule has 7 nitrogen and oxygen atoms in total. The molecule has 1 aromatic rings. The van der Waals surface area contributed by atoms with Gasteiger partial charge in [-0.25, -0.2) is 0 Å². The van der Waals surface area contributed by atoms with E-state index >= 15 is 0 Å². The van der Waals surface area contributed by atoms with Crippen molar-refractivity contribution in [3.8, 4) is 0 Å². The molecular weight excluding hydrogens is 302 g/mol. The molecule has 0 bridgehead atoms. The number of carbonyl (C=O) groups is 2. The van der Waals surface area contributed by atoms with Crippen molar-refractivity contribution < 1.29 is 29.0 Å². The van der Waals surface area contributed by atoms with E-state index in [4.69, 9.17) is 14.2 Å². The summed E-state index contributed by atoms with van der Waals surface area (Å²) in [7, 11) is 0. The van der Waals surface area contributed by atoms with E-state index in [1.165, 1.54) is 13.8 Å². The van der Waals surface area contributed by atoms with Crippen LogP contribution in [-0.2, 0) is 23.8 Å². The van der Waals surface area contributed by atoms with Crippen molar-refractivity contribution in [2.45, 2.75) is 38.6 Å². The van der Waals surface area contributed by atoms with Crippen molar-refractivity contribution in [2.24, 2.45) is 5.16 Å². The normalized spacial score (nSPS) is 25.8. The summed E-state index contributed by atoms with van der Waals surface area (Å²) in [5.41, 5.74) is 1.17. The number of oxime groups is 1. The van der Waals surface area contributed by atoms with Crippen molar-refractivity contribution in [3.05, 3.63) is 35.9 Å². The van der Waals surface area contributed by atoms with E-state index in [2.05, 4.69) is 5.16 Å². The first-order valence-electron chi connectivity index (χ1n) is 7.23. The van der Waals surface area contributed by atoms with Crippen LogP contribution in [0.15, 0.2) is 35.5 Å². The van der Waals surface area contributed by atoms with Crippen LogP contribution in [0.1, 0.15) is 31.9 Å². The number of nitrogens with zero attached hydrogens (tertiary/aromatic N) is 1. The number of hydrogen-bond donors (Lipinski definition) is 1. The third-order valence-corrected chi connectivity index (χ3v) is 3.44. The standard InChI is InChI=1S/C16H19NO6/c1-10(18)21-9-15-16(22-11(2)19)13(17-20)8-14(23-15)12-6-4-3-5-7-12/h3-7,14-16,20H,8-9H2,1-2H3/t14-,15+,16+/m0/s1. The Morgan fingerprint density at radius 1 is 1.26 bits per heavy atom. The van der Waals surface area contributed by atoms with Crippen molar-refractivity contribution in [1.29, 1.82) is 0 Å². The summed E-state index contributed by atoms with van der Waals surface area (Å²) in [4.78, 5) is 22.3. The minimum absolute atomic E-state index is 0.102. The molecule has 1 aromatic carbocycles. The zero-order valence-corrected chi connectivity index (χ0v) is 13.0. The van der Waals surface area contributed by atoms with Crippen molar-refractivity contribution in [3.63, 3.8) is 0 Å². The Labute approximate surface area is 133 Å². The molecule has 0 saturated carbocycles. The minimum atomic E-state index is -0.892. The Morgan fingerprint density at radius 2 is 1.96 bits per heavy atom. The summed E-state index contributed by atoms with van der Waals surface area (Å²) in [6, 6.07) is 9.39. The monoisotopic (exact) mass is 321 g/mol. The summed E-state index contributed by atoms with van der Waals surface area (Å²) in [5, 5.41) is 12.5. The molecule has 2 rings (SSSR count). The third-order valence-electron chi connectivity index (χ3n) is 3.44. The largest absolute Gasteiger partial charge is 0.463 e. The molecule has 0 aliphatic carbocycles. The predicted molar refractivity (Wildman–Crippen MR) is 80.1 cm³/mol. The molecule has 23 heavy (non-hydrogen) atoms. The van der Waals surface area contributed by atoms with Gasteiger partial charge in [-0.3, -0.25) is 9.59 Å². The van der Waals surface area contributed by atoms with Crippen LogP contribution < -0.4 is 0 Å². The van der Waals surface area contributed by atoms with Gasteiger partial charge in [0.1, 0.15) is 18.4 Å². The number of ether oxygens (including phenoxy) is 3. The molecule has 1 fully saturated rings. The fourth-order valence-corrected chi connectivity index (χ4v) is 2.46. The molecule has 7 heteroatoms. The fourth-order valence-electron chi connectivity index (χ4n) is 2.46. The van der Waals surface area contributed by atoms with Gasteiger partial charge in [-0.2, -0.15) is 0 Å². The average Bonchev–Trinajstić information content (AvgIpc) is 2.53. The molecule has 124 valence electrons. The Morgan fingerprint density at radius 3 is 2.52 bits per heavy atom. The van der Waals surface area contributed by atoms with Gasteiger partial charge in [-0.15, -0.1) is 0 Å². The first-order chi connectivity index (χ1) is 11.0. The van der Waals surface area contributed by atoms with Crippen LogP contribution >= 0.6 is 0 Å². The Bertz CT molecular complexity index is 585. The SMILES string of the molecule is CC(=O)OC[C@H]1O[C@H](c2ccccc2)CC(=NO)[C@H]1OC(C)=O. The number of benzene rings is 1. The predicted octanol–water partition coefficient (Wildman–Crippen LogP) is 1.84. The fraction of sp³-hybridized carbons (Fsp3) is 0.438. The number of rotatable bonds is 4. The molecule has 0 amide bonds. The summed E-state index contributed by atoms with van der Waals surface area (Å²) < 4.78 is 16.1. The van der Waals surface area contributed by atoms with Gasteiger partial charge >= 0.3 is 11.9 Å². The van der Waals surface area contributed by atoms with E-state index in [-0.39, 0.29) is 24.8 Å². The van der Waals surface area contributed by atoms with Gasteiger partial charge < -0.3 is 19.4 Å². The van der Waals surface area contributed by atoms with E-state index in [1.807, 2.05) is 30.3 Å². The summed E-state index contributed by atoms with van der Waals surface area (Å²) in [5.74, 6) is -1.01. The van der Waals surface area contributed by atoms with Gasteiger partial charge in [0.2, 0.25) is 0 Å². The van der Waals surface area contributed by atoms with Gasteiger partial charge in [-0.1, -0.05) is 35.5 Å². The van der Waals surface area contributed by atoms with Gasteiger partial charge in [-0.05, 0) is 5.56 Å². The van der Waals surface area contributed by atoms with Gasteiger partial charge in [0, 0.05) is 20.3 Å². The van der Waals surface area contributed by atoms with Gasteiger partial charge in [0.05, 0.1) is 6.10 Å². The molecule has 0 spiro atoms. The van der Waals surface area contributed by atoms with Crippen LogP contribution in [-0.4, -0.2) is 41.7 Å². The number of carbonyl (C=O) groups excluding carboxylic acids is 2. The van der Waals surface area contributed by atoms with E-state index in [0.29, 0.717) is 0 Å². The van der Waals surface area contributed by atoms with E-state index in [1.54, 1.807) is 0 Å². The van der Waals surface area contributed by atoms with Crippen LogP contribution in [0.3, 0.4) is 0 Å². The Balaban J connectivity index is 2.23. The molecule has 1 N–H and O–H groups in total. The summed E-state index contributed by atoms with van der Waals surface area (Å²) >= 11 is 0. The first kappa shape index (κ1) is 17.0. The minimum Gasteiger partial charge on any atom is -0.463 e. The average molecular weight is 321 g/mol. The third kappa shape index (κ3) is 4.53. The topological polar surface area (TPSA) is 94.4 Å². The second kappa shape index (κ2) is 7.73. The van der Waals surface area contributed by atoms with Gasteiger partial charge in [0.25, 0.3) is 0 Å². The molecule has 1 aliphatic rings. The smallest absolute Gasteiger partial charge is 0.303 e. The second-order valence-corrected chi connectivity index (χ2v) is 5.20. The van der Waals surface area contributed by atoms with Gasteiger partial charge in [0.15, 0.2) is 6.10 Å². The molecule has 0 radical (unpaired) electrons. The maximum absolute atomic E-state index is 11.3. The molecule has 1 saturated heterocycles. The highest BCUT2D eigenvalue weighted by Gasteiger charge is 2.40. The molecule has 3 atom stereocenters. The lowest BCUT2D eigenvalue weighted by Crippen LogP contribution is -2.48. The highest BCUT2D eigenvalue weighted by Crippen LogP contribution is 2.31. The highest BCUT2D eigenvalue weighted by molar-refractivity contribution is 5.91. The second-order valence-electron chi connectivity index (χ2n) is 5.20. The van der Waals surface area contributed by atoms with Crippen LogP contribution in [0.25, 0.3) is 0 Å². The quantitative estimate of drug-likeness (QED) is 0.516. The Kier molecular flexibility index (Phi) is 5.70. The molecule has 1 heterocycles. The van der Waals surface area contributed by atoms with Crippen molar-refractivity contribution in [1.82, 2.24) is 0 Å². The van der Waals surface area contributed by atoms with E-state index in [9.17, 15) is 14.8 Å². The zero-order chi connectivity index (χ0) is 16.8. The van der Waals surface area contributed by atoms with Crippen LogP contribution in [0.4, 0.5) is 0 Å². The highest BCUT2D eigenvalue weighted by atomic mass is 16.6. The van der Waals surface area contributed by atoms with E-state index in [0.717, 1.165) is 5.56 Å². The molecule has 1 aliphatic heterocycles. The number of esters is 2. The maximum Gasteiger partial charge on any atom is 0.303 e. The zero-order valence-electron chi connectivity index (χ0n) is 13.0. The lowest BCUT2D eigenvalue weighted by molar-refractivity contribution is -0.165. The molecule has 0 aromatic heterocycles. The molecular formula is C16H19NO6. The van der Waals surface area contributed by atoms with Crippen LogP contribution in [0.2, 0.25) is 0 Å². The van der Waals surface area contributed by atoms with Crippen LogP contribution in [0.5, 0.6) is 0 Å². The summed E-state index contributed by atoms with van der Waals surface area (Å²) in [6.07, 6.45) is -1.74. The van der Waals surface area contributed by atoms with Crippen molar-refractivity contribution >= 4 is 17.7 Å². The van der Waals surface area contributed by atoms with E-state index < -0.39 is 24.1 Å². The lowest BCUT2D eigenvalue weighted by Gasteiger charge is -2.36. The summed E-state index contributed by atoms with van der Waals surface area (Å²) in [6.45, 7) is 2.43. The Hall–Kier alpha value is -2.41. The maximum atomic E-state index is 11.3. The lowest BCUT2D eigenvalue weighted by atomic mass is 9.94. The molecule has 0 unspecified atom stereocenters.